The fourth-order valence-corrected chi connectivity index (χ4v) is 8.05. The zero-order chi connectivity index (χ0) is 39.4. The Hall–Kier alpha value is -5.64. The maximum Gasteiger partial charge on any atom is 0.135 e. The van der Waals surface area contributed by atoms with Crippen molar-refractivity contribution in [1.82, 2.24) is 9.55 Å². The van der Waals surface area contributed by atoms with Gasteiger partial charge in [-0.1, -0.05) is 115 Å². The minimum atomic E-state index is -0.0139. The number of pyridine rings is 1. The molecule has 58 heavy (non-hydrogen) atoms. The average molecular weight is 939 g/mol. The first kappa shape index (κ1) is 39.2. The number of hydrogen-bond acceptors (Lipinski definition) is 4. The van der Waals surface area contributed by atoms with Crippen molar-refractivity contribution in [3.05, 3.63) is 175 Å². The van der Waals surface area contributed by atoms with Crippen LogP contribution in [0, 0.1) is 18.8 Å². The number of ether oxygens (including phenoxy) is 1. The van der Waals surface area contributed by atoms with Gasteiger partial charge in [-0.05, 0) is 92.9 Å². The third kappa shape index (κ3) is 7.11. The van der Waals surface area contributed by atoms with Gasteiger partial charge in [0.2, 0.25) is 0 Å². The third-order valence-electron chi connectivity index (χ3n) is 11.0. The molecule has 0 fully saturated rings. The molecule has 5 nitrogen and oxygen atoms in total. The van der Waals surface area contributed by atoms with Crippen molar-refractivity contribution in [3.8, 4) is 28.4 Å². The van der Waals surface area contributed by atoms with E-state index in [9.17, 15) is 0 Å². The molecule has 1 aliphatic rings. The molecule has 0 unspecified atom stereocenters. The Morgan fingerprint density at radius 3 is 1.98 bits per heavy atom. The molecule has 3 heterocycles. The number of hydrogen-bond donors (Lipinski definition) is 0. The molecule has 0 atom stereocenters. The van der Waals surface area contributed by atoms with Crippen LogP contribution in [0.4, 0.5) is 22.7 Å². The number of fused-ring (bicyclic) bond motifs is 4. The Balaban J connectivity index is 0.00000469. The second-order valence-electron chi connectivity index (χ2n) is 16.6. The summed E-state index contributed by atoms with van der Waals surface area (Å²) in [6.45, 7) is 18.1. The normalized spacial score (nSPS) is 12.8. The molecule has 0 bridgehead atoms. The topological polar surface area (TPSA) is 33.5 Å². The van der Waals surface area contributed by atoms with Crippen molar-refractivity contribution in [2.45, 2.75) is 65.7 Å². The van der Waals surface area contributed by atoms with E-state index >= 15 is 0 Å². The minimum Gasteiger partial charge on any atom is -0.509 e. The second kappa shape index (κ2) is 15.6. The van der Waals surface area contributed by atoms with Crippen molar-refractivity contribution in [2.24, 2.45) is 0 Å². The maximum absolute atomic E-state index is 6.61. The molecule has 2 aromatic heterocycles. The molecular formula is C52H47N4OPt-3. The van der Waals surface area contributed by atoms with E-state index in [0.717, 1.165) is 44.7 Å². The molecule has 6 aromatic carbocycles. The molecule has 0 amide bonds. The summed E-state index contributed by atoms with van der Waals surface area (Å²) in [7, 11) is 0. The standard InChI is InChI=1S/C52H47N4O.Pt/c1-34(2)44-28-37(36-16-9-8-10-17-36)29-45(35(3)4)51(44)55-33-54(47-22-13-14-23-48(47)55)39-18-15-19-40(31-39)57-41-24-25-43-42-20-11-12-21-46(42)56(49(43)32-41)50-30-38(26-27-53-50)52(5,6)7;/h8-30,33-35H,1-7H3;/q-3;. The van der Waals surface area contributed by atoms with Crippen molar-refractivity contribution in [3.63, 3.8) is 0 Å². The monoisotopic (exact) mass is 938 g/mol. The first-order valence-corrected chi connectivity index (χ1v) is 19.9. The smallest absolute Gasteiger partial charge is 0.135 e. The number of para-hydroxylation sites is 3. The van der Waals surface area contributed by atoms with E-state index in [-0.39, 0.29) is 26.5 Å². The Labute approximate surface area is 357 Å². The quantitative estimate of drug-likeness (QED) is 0.142. The van der Waals surface area contributed by atoms with Crippen LogP contribution in [-0.4, -0.2) is 9.55 Å². The van der Waals surface area contributed by atoms with Crippen LogP contribution in [0.3, 0.4) is 0 Å². The summed E-state index contributed by atoms with van der Waals surface area (Å²) in [5, 5.41) is 2.25. The summed E-state index contributed by atoms with van der Waals surface area (Å²) in [5.74, 6) is 2.70. The van der Waals surface area contributed by atoms with Gasteiger partial charge in [0.05, 0.1) is 0 Å². The predicted molar refractivity (Wildman–Crippen MR) is 237 cm³/mol. The van der Waals surface area contributed by atoms with Crippen LogP contribution in [0.2, 0.25) is 0 Å². The van der Waals surface area contributed by atoms with E-state index in [1.54, 1.807) is 0 Å². The summed E-state index contributed by atoms with van der Waals surface area (Å²) in [6.07, 6.45) is 1.90. The number of rotatable bonds is 8. The van der Waals surface area contributed by atoms with E-state index in [2.05, 4.69) is 197 Å². The number of nitrogens with zero attached hydrogens (tertiary/aromatic N) is 4. The van der Waals surface area contributed by atoms with Crippen molar-refractivity contribution >= 4 is 44.6 Å². The SMILES string of the molecule is CC(C)c1cc(-c2ccccc2)cc(C(C)C)c1N1[CH-]N(c2[c-]c(Oc3[c-]c4c(cc3)c3ccccc3n4-c3cc(C(C)(C)C)ccn3)ccc2)c2ccccc21.[Pt]. The Bertz CT molecular complexity index is 2730. The summed E-state index contributed by atoms with van der Waals surface area (Å²) < 4.78 is 8.80. The van der Waals surface area contributed by atoms with Crippen molar-refractivity contribution in [1.29, 1.82) is 0 Å². The van der Waals surface area contributed by atoms with Crippen LogP contribution in [0.1, 0.15) is 77.0 Å². The summed E-state index contributed by atoms with van der Waals surface area (Å²) in [4.78, 5) is 9.44. The van der Waals surface area contributed by atoms with Gasteiger partial charge in [0.25, 0.3) is 0 Å². The molecule has 9 rings (SSSR count). The van der Waals surface area contributed by atoms with Crippen LogP contribution in [-0.2, 0) is 26.5 Å². The number of benzene rings is 6. The molecule has 8 aromatic rings. The Morgan fingerprint density at radius 2 is 1.28 bits per heavy atom. The van der Waals surface area contributed by atoms with Crippen LogP contribution in [0.5, 0.6) is 11.5 Å². The molecular weight excluding hydrogens is 892 g/mol. The molecule has 0 saturated carbocycles. The first-order valence-electron chi connectivity index (χ1n) is 19.9. The van der Waals surface area contributed by atoms with Crippen LogP contribution in [0.25, 0.3) is 38.8 Å². The van der Waals surface area contributed by atoms with E-state index < -0.39 is 0 Å². The predicted octanol–water partition coefficient (Wildman–Crippen LogP) is 14.2. The van der Waals surface area contributed by atoms with Gasteiger partial charge in [-0.2, -0.15) is 12.1 Å². The zero-order valence-corrected chi connectivity index (χ0v) is 36.3. The van der Waals surface area contributed by atoms with Gasteiger partial charge in [0.1, 0.15) is 5.82 Å². The largest absolute Gasteiger partial charge is 0.509 e. The number of aromatic nitrogens is 2. The molecule has 0 spiro atoms. The van der Waals surface area contributed by atoms with E-state index in [1.807, 2.05) is 24.4 Å². The average Bonchev–Trinajstić information content (AvgIpc) is 3.76. The summed E-state index contributed by atoms with van der Waals surface area (Å²) in [6, 6.07) is 54.3. The van der Waals surface area contributed by atoms with Crippen molar-refractivity contribution < 1.29 is 25.8 Å². The van der Waals surface area contributed by atoms with Crippen LogP contribution < -0.4 is 14.5 Å². The van der Waals surface area contributed by atoms with Crippen LogP contribution >= 0.6 is 0 Å². The molecule has 0 saturated heterocycles. The number of anilines is 4. The Kier molecular flexibility index (Phi) is 10.5. The van der Waals surface area contributed by atoms with Gasteiger partial charge in [0.15, 0.2) is 0 Å². The molecule has 0 radical (unpaired) electrons. The zero-order valence-electron chi connectivity index (χ0n) is 34.0. The molecule has 0 aliphatic carbocycles. The maximum atomic E-state index is 6.61. The first-order chi connectivity index (χ1) is 27.5. The fourth-order valence-electron chi connectivity index (χ4n) is 8.05. The summed E-state index contributed by atoms with van der Waals surface area (Å²) >= 11 is 0. The second-order valence-corrected chi connectivity index (χ2v) is 16.6. The molecule has 0 N–H and O–H groups in total. The molecule has 294 valence electrons. The van der Waals surface area contributed by atoms with Gasteiger partial charge in [-0.15, -0.1) is 48.1 Å². The third-order valence-corrected chi connectivity index (χ3v) is 11.0. The van der Waals surface area contributed by atoms with Crippen molar-refractivity contribution in [2.75, 3.05) is 9.80 Å². The Morgan fingerprint density at radius 1 is 0.621 bits per heavy atom. The van der Waals surface area contributed by atoms with E-state index in [0.29, 0.717) is 23.3 Å². The summed E-state index contributed by atoms with van der Waals surface area (Å²) in [5.41, 5.74) is 12.7. The van der Waals surface area contributed by atoms with Gasteiger partial charge in [0, 0.05) is 61.3 Å². The van der Waals surface area contributed by atoms with Gasteiger partial charge < -0.3 is 19.1 Å². The molecule has 1 aliphatic heterocycles. The van der Waals surface area contributed by atoms with E-state index in [4.69, 9.17) is 9.72 Å². The van der Waals surface area contributed by atoms with Gasteiger partial charge in [-0.25, -0.2) is 4.98 Å². The van der Waals surface area contributed by atoms with Gasteiger partial charge in [-0.3, -0.25) is 0 Å². The fraction of sp³-hybridized carbons (Fsp3) is 0.192. The van der Waals surface area contributed by atoms with Crippen LogP contribution in [0.15, 0.2) is 140 Å². The van der Waals surface area contributed by atoms with E-state index in [1.165, 1.54) is 33.5 Å². The van der Waals surface area contributed by atoms with Gasteiger partial charge >= 0.3 is 0 Å². The minimum absolute atomic E-state index is 0. The molecule has 6 heteroatoms.